The molecule has 0 fully saturated rings. The first kappa shape index (κ1) is 12.5. The van der Waals surface area contributed by atoms with Gasteiger partial charge in [-0.2, -0.15) is 0 Å². The number of rotatable bonds is 5. The molecule has 2 aromatic rings. The minimum atomic E-state index is 0.491. The molecule has 6 heteroatoms. The van der Waals surface area contributed by atoms with Gasteiger partial charge in [0.05, 0.1) is 0 Å². The lowest BCUT2D eigenvalue weighted by atomic mass is 10.2. The van der Waals surface area contributed by atoms with Gasteiger partial charge in [0.1, 0.15) is 10.5 Å². The third-order valence-electron chi connectivity index (χ3n) is 2.04. The van der Waals surface area contributed by atoms with Gasteiger partial charge in [0.15, 0.2) is 4.34 Å². The molecule has 0 saturated heterocycles. The molecule has 90 valence electrons. The van der Waals surface area contributed by atoms with E-state index in [2.05, 4.69) is 40.4 Å². The quantitative estimate of drug-likeness (QED) is 0.901. The van der Waals surface area contributed by atoms with Crippen LogP contribution in [-0.4, -0.2) is 21.2 Å². The van der Waals surface area contributed by atoms with Crippen LogP contribution < -0.4 is 5.32 Å². The Hall–Kier alpha value is -0.980. The molecule has 17 heavy (non-hydrogen) atoms. The van der Waals surface area contributed by atoms with E-state index < -0.39 is 0 Å². The van der Waals surface area contributed by atoms with Crippen LogP contribution >= 0.6 is 23.1 Å². The van der Waals surface area contributed by atoms with Crippen LogP contribution in [0.4, 0.5) is 0 Å². The molecule has 1 N–H and O–H groups in total. The van der Waals surface area contributed by atoms with Gasteiger partial charge in [0.2, 0.25) is 0 Å². The molecule has 0 saturated carbocycles. The van der Waals surface area contributed by atoms with E-state index in [-0.39, 0.29) is 0 Å². The van der Waals surface area contributed by atoms with E-state index in [9.17, 15) is 0 Å². The molecule has 0 spiro atoms. The van der Waals surface area contributed by atoms with Gasteiger partial charge < -0.3 is 5.32 Å². The maximum absolute atomic E-state index is 4.39. The Morgan fingerprint density at radius 3 is 2.88 bits per heavy atom. The van der Waals surface area contributed by atoms with Crippen LogP contribution in [0.5, 0.6) is 0 Å². The molecule has 0 amide bonds. The van der Waals surface area contributed by atoms with E-state index in [1.807, 2.05) is 12.3 Å². The zero-order chi connectivity index (χ0) is 12.1. The molecule has 0 atom stereocenters. The van der Waals surface area contributed by atoms with E-state index in [1.165, 1.54) is 16.9 Å². The number of hydrogen-bond acceptors (Lipinski definition) is 6. The Kier molecular flexibility index (Phi) is 4.47. The van der Waals surface area contributed by atoms with Gasteiger partial charge in [-0.1, -0.05) is 31.3 Å². The van der Waals surface area contributed by atoms with E-state index in [4.69, 9.17) is 0 Å². The van der Waals surface area contributed by atoms with Crippen LogP contribution in [0.3, 0.4) is 0 Å². The first-order valence-corrected chi connectivity index (χ1v) is 7.06. The van der Waals surface area contributed by atoms with Crippen LogP contribution in [0.1, 0.15) is 19.4 Å². The van der Waals surface area contributed by atoms with Crippen LogP contribution in [0.25, 0.3) is 0 Å². The van der Waals surface area contributed by atoms with Gasteiger partial charge in [-0.3, -0.25) is 0 Å². The topological polar surface area (TPSA) is 50.7 Å². The first-order chi connectivity index (χ1) is 8.24. The molecule has 0 aliphatic carbocycles. The zero-order valence-corrected chi connectivity index (χ0v) is 11.4. The summed E-state index contributed by atoms with van der Waals surface area (Å²) in [5.41, 5.74) is 2.92. The van der Waals surface area contributed by atoms with Crippen molar-refractivity contribution in [1.82, 2.24) is 20.5 Å². The molecule has 0 aliphatic heterocycles. The van der Waals surface area contributed by atoms with Crippen molar-refractivity contribution in [1.29, 1.82) is 0 Å². The highest BCUT2D eigenvalue weighted by molar-refractivity contribution is 8.00. The van der Waals surface area contributed by atoms with Gasteiger partial charge in [0, 0.05) is 18.8 Å². The van der Waals surface area contributed by atoms with E-state index >= 15 is 0 Å². The highest BCUT2D eigenvalue weighted by Crippen LogP contribution is 2.26. The highest BCUT2D eigenvalue weighted by atomic mass is 32.2. The summed E-state index contributed by atoms with van der Waals surface area (Å²) < 4.78 is 0.922. The Morgan fingerprint density at radius 1 is 1.41 bits per heavy atom. The summed E-state index contributed by atoms with van der Waals surface area (Å²) in [7, 11) is 0. The predicted octanol–water partition coefficient (Wildman–Crippen LogP) is 2.58. The largest absolute Gasteiger partial charge is 0.310 e. The van der Waals surface area contributed by atoms with Crippen molar-refractivity contribution in [2.24, 2.45) is 0 Å². The lowest BCUT2D eigenvalue weighted by Gasteiger charge is -2.07. The average Bonchev–Trinajstić information content (AvgIpc) is 2.81. The summed E-state index contributed by atoms with van der Waals surface area (Å²) in [6.45, 7) is 5.12. The van der Waals surface area contributed by atoms with E-state index in [0.29, 0.717) is 6.04 Å². The molecular formula is C11H14N4S2. The zero-order valence-electron chi connectivity index (χ0n) is 9.75. The lowest BCUT2D eigenvalue weighted by Crippen LogP contribution is -2.21. The molecule has 0 aliphatic rings. The fourth-order valence-electron chi connectivity index (χ4n) is 1.19. The fourth-order valence-corrected chi connectivity index (χ4v) is 2.56. The Balaban J connectivity index is 1.93. The predicted molar refractivity (Wildman–Crippen MR) is 70.2 cm³/mol. The van der Waals surface area contributed by atoms with Gasteiger partial charge in [0.25, 0.3) is 0 Å². The third kappa shape index (κ3) is 4.07. The number of nitrogens with zero attached hydrogens (tertiary/aromatic N) is 3. The van der Waals surface area contributed by atoms with Crippen LogP contribution in [-0.2, 0) is 6.54 Å². The second-order valence-electron chi connectivity index (χ2n) is 3.85. The summed E-state index contributed by atoms with van der Waals surface area (Å²) >= 11 is 3.07. The molecule has 2 aromatic heterocycles. The summed E-state index contributed by atoms with van der Waals surface area (Å²) in [6.07, 6.45) is 1.90. The van der Waals surface area contributed by atoms with Gasteiger partial charge in [-0.05, 0) is 23.4 Å². The van der Waals surface area contributed by atoms with Crippen molar-refractivity contribution in [2.75, 3.05) is 0 Å². The van der Waals surface area contributed by atoms with E-state index in [0.717, 1.165) is 15.9 Å². The molecule has 4 nitrogen and oxygen atoms in total. The lowest BCUT2D eigenvalue weighted by molar-refractivity contribution is 0.587. The summed E-state index contributed by atoms with van der Waals surface area (Å²) in [5.74, 6) is 0. The number of hydrogen-bond donors (Lipinski definition) is 1. The van der Waals surface area contributed by atoms with Gasteiger partial charge >= 0.3 is 0 Å². The van der Waals surface area contributed by atoms with Crippen LogP contribution in [0, 0.1) is 0 Å². The molecular weight excluding hydrogens is 252 g/mol. The van der Waals surface area contributed by atoms with Crippen molar-refractivity contribution in [2.45, 2.75) is 35.8 Å². The Morgan fingerprint density at radius 2 is 2.29 bits per heavy atom. The van der Waals surface area contributed by atoms with Gasteiger partial charge in [-0.25, -0.2) is 4.98 Å². The minimum Gasteiger partial charge on any atom is -0.310 e. The van der Waals surface area contributed by atoms with Crippen molar-refractivity contribution in [3.05, 3.63) is 29.4 Å². The van der Waals surface area contributed by atoms with Crippen LogP contribution in [0.2, 0.25) is 0 Å². The Bertz CT molecular complexity index is 439. The van der Waals surface area contributed by atoms with Gasteiger partial charge in [-0.15, -0.1) is 10.2 Å². The van der Waals surface area contributed by atoms with Crippen molar-refractivity contribution >= 4 is 23.1 Å². The smallest absolute Gasteiger partial charge is 0.180 e. The summed E-state index contributed by atoms with van der Waals surface area (Å²) in [5, 5.41) is 12.1. The van der Waals surface area contributed by atoms with Crippen LogP contribution in [0.15, 0.2) is 33.2 Å². The fraction of sp³-hybridized carbons (Fsp3) is 0.364. The van der Waals surface area contributed by atoms with Crippen molar-refractivity contribution < 1.29 is 0 Å². The minimum absolute atomic E-state index is 0.491. The Labute approximate surface area is 109 Å². The molecule has 2 rings (SSSR count). The van der Waals surface area contributed by atoms with Crippen molar-refractivity contribution in [3.8, 4) is 0 Å². The third-order valence-corrected chi connectivity index (χ3v) is 3.77. The van der Waals surface area contributed by atoms with Crippen molar-refractivity contribution in [3.63, 3.8) is 0 Å². The molecule has 2 heterocycles. The maximum Gasteiger partial charge on any atom is 0.180 e. The molecule has 0 aromatic carbocycles. The van der Waals surface area contributed by atoms with E-state index in [1.54, 1.807) is 17.3 Å². The molecule has 0 bridgehead atoms. The normalized spacial score (nSPS) is 11.0. The standard InChI is InChI=1S/C11H14N4S2/c1-8(2)12-5-9-3-4-10(13-6-9)17-11-15-14-7-16-11/h3-4,6-8,12H,5H2,1-2H3. The number of pyridine rings is 1. The first-order valence-electron chi connectivity index (χ1n) is 5.36. The highest BCUT2D eigenvalue weighted by Gasteiger charge is 2.02. The summed E-state index contributed by atoms with van der Waals surface area (Å²) in [4.78, 5) is 4.39. The molecule has 0 radical (unpaired) electrons. The number of aromatic nitrogens is 3. The monoisotopic (exact) mass is 266 g/mol. The second-order valence-corrected chi connectivity index (χ2v) is 5.95. The number of nitrogens with one attached hydrogen (secondary N) is 1. The maximum atomic E-state index is 4.39. The second kappa shape index (κ2) is 6.09. The molecule has 0 unspecified atom stereocenters. The average molecular weight is 266 g/mol. The summed E-state index contributed by atoms with van der Waals surface area (Å²) in [6, 6.07) is 4.60. The SMILES string of the molecule is CC(C)NCc1ccc(Sc2nncs2)nc1.